The molecule has 1 saturated heterocycles. The Balaban J connectivity index is 1.92. The smallest absolute Gasteiger partial charge is 0.378 e. The minimum Gasteiger partial charge on any atom is -0.378 e. The second-order valence-corrected chi connectivity index (χ2v) is 6.63. The molecule has 2 aromatic carbocycles. The Morgan fingerprint density at radius 1 is 1.10 bits per heavy atom. The van der Waals surface area contributed by atoms with Crippen molar-refractivity contribution < 1.29 is 31.5 Å². The first-order chi connectivity index (χ1) is 14.7. The first kappa shape index (κ1) is 22.2. The van der Waals surface area contributed by atoms with Gasteiger partial charge in [-0.15, -0.1) is 0 Å². The number of amides is 1. The number of hydrogen-bond acceptors (Lipinski definition) is 4. The number of benzene rings is 2. The van der Waals surface area contributed by atoms with Crippen molar-refractivity contribution in [2.75, 3.05) is 36.5 Å². The second kappa shape index (κ2) is 9.14. The van der Waals surface area contributed by atoms with Gasteiger partial charge in [0.05, 0.1) is 30.2 Å². The Kier molecular flexibility index (Phi) is 6.56. The van der Waals surface area contributed by atoms with Gasteiger partial charge in [0.25, 0.3) is 5.91 Å². The fourth-order valence-electron chi connectivity index (χ4n) is 2.99. The summed E-state index contributed by atoms with van der Waals surface area (Å²) in [5.41, 5.74) is -1.03. The first-order valence-electron chi connectivity index (χ1n) is 9.11. The number of rotatable bonds is 4. The van der Waals surface area contributed by atoms with E-state index in [0.29, 0.717) is 26.3 Å². The van der Waals surface area contributed by atoms with Crippen molar-refractivity contribution >= 4 is 23.4 Å². The van der Waals surface area contributed by atoms with E-state index in [-0.39, 0.29) is 16.9 Å². The monoisotopic (exact) mass is 437 g/mol. The number of anilines is 2. The average molecular weight is 437 g/mol. The van der Waals surface area contributed by atoms with E-state index in [9.17, 15) is 32.0 Å². The van der Waals surface area contributed by atoms with Crippen LogP contribution in [-0.4, -0.2) is 32.2 Å². The molecule has 10 heteroatoms. The number of nitrogens with one attached hydrogen (secondary N) is 1. The van der Waals surface area contributed by atoms with Crippen molar-refractivity contribution in [1.82, 2.24) is 0 Å². The lowest BCUT2D eigenvalue weighted by Gasteiger charge is -2.31. The van der Waals surface area contributed by atoms with Gasteiger partial charge in [0, 0.05) is 13.1 Å². The van der Waals surface area contributed by atoms with Gasteiger partial charge in [0.1, 0.15) is 11.6 Å². The number of alkyl halides is 3. The number of nitrogens with zero attached hydrogens (tertiary/aromatic N) is 2. The highest BCUT2D eigenvalue weighted by molar-refractivity contribution is 6.10. The summed E-state index contributed by atoms with van der Waals surface area (Å²) in [5.74, 6) is -3.13. The van der Waals surface area contributed by atoms with Crippen LogP contribution in [0, 0.1) is 23.0 Å². The second-order valence-electron chi connectivity index (χ2n) is 6.63. The summed E-state index contributed by atoms with van der Waals surface area (Å²) >= 11 is 0. The molecule has 0 bridgehead atoms. The average Bonchev–Trinajstić information content (AvgIpc) is 2.74. The molecular formula is C21H16F5N3O2. The molecule has 0 aliphatic carbocycles. The maximum absolute atomic E-state index is 13.4. The van der Waals surface area contributed by atoms with Gasteiger partial charge in [0.15, 0.2) is 11.6 Å². The van der Waals surface area contributed by atoms with Gasteiger partial charge in [-0.05, 0) is 42.0 Å². The maximum atomic E-state index is 13.4. The molecule has 2 aromatic rings. The minimum atomic E-state index is -4.58. The van der Waals surface area contributed by atoms with Crippen molar-refractivity contribution in [3.63, 3.8) is 0 Å². The zero-order chi connectivity index (χ0) is 22.6. The molecule has 1 aliphatic heterocycles. The van der Waals surface area contributed by atoms with Crippen molar-refractivity contribution in [2.24, 2.45) is 0 Å². The number of morpholine rings is 1. The standard InChI is InChI=1S/C21H16F5N3O2/c22-16-3-1-13(10-17(16)23)9-14(12-27)20(30)28-18-4-2-15(21(24,25)26)11-19(18)29-5-7-31-8-6-29/h1-4,9-11H,5-8H2,(H,28,30). The Morgan fingerprint density at radius 2 is 1.81 bits per heavy atom. The van der Waals surface area contributed by atoms with Gasteiger partial charge in [0.2, 0.25) is 0 Å². The summed E-state index contributed by atoms with van der Waals surface area (Å²) in [6.07, 6.45) is -3.52. The highest BCUT2D eigenvalue weighted by Crippen LogP contribution is 2.36. The number of halogens is 5. The number of carbonyl (C=O) groups excluding carboxylic acids is 1. The molecular weight excluding hydrogens is 421 g/mol. The fraction of sp³-hybridized carbons (Fsp3) is 0.238. The molecule has 162 valence electrons. The molecule has 1 amide bonds. The molecule has 31 heavy (non-hydrogen) atoms. The molecule has 0 saturated carbocycles. The molecule has 3 rings (SSSR count). The number of hydrogen-bond donors (Lipinski definition) is 1. The normalized spacial score (nSPS) is 14.8. The lowest BCUT2D eigenvalue weighted by molar-refractivity contribution is -0.137. The van der Waals surface area contributed by atoms with Gasteiger partial charge in [-0.3, -0.25) is 4.79 Å². The van der Waals surface area contributed by atoms with Crippen LogP contribution in [0.3, 0.4) is 0 Å². The third kappa shape index (κ3) is 5.38. The molecule has 1 fully saturated rings. The van der Waals surface area contributed by atoms with E-state index in [4.69, 9.17) is 4.74 Å². The molecule has 0 unspecified atom stereocenters. The quantitative estimate of drug-likeness (QED) is 0.439. The molecule has 0 radical (unpaired) electrons. The Hall–Kier alpha value is -3.45. The molecule has 1 heterocycles. The van der Waals surface area contributed by atoms with Crippen LogP contribution in [0.25, 0.3) is 6.08 Å². The topological polar surface area (TPSA) is 65.4 Å². The zero-order valence-corrected chi connectivity index (χ0v) is 16.0. The van der Waals surface area contributed by atoms with Crippen LogP contribution >= 0.6 is 0 Å². The number of ether oxygens (including phenoxy) is 1. The fourth-order valence-corrected chi connectivity index (χ4v) is 2.99. The van der Waals surface area contributed by atoms with Crippen molar-refractivity contribution in [1.29, 1.82) is 5.26 Å². The Bertz CT molecular complexity index is 1050. The zero-order valence-electron chi connectivity index (χ0n) is 16.0. The molecule has 1 N–H and O–H groups in total. The van der Waals surface area contributed by atoms with E-state index in [2.05, 4.69) is 5.32 Å². The van der Waals surface area contributed by atoms with Crippen LogP contribution in [0.5, 0.6) is 0 Å². The Labute approximate surface area is 174 Å². The third-order valence-electron chi connectivity index (χ3n) is 4.54. The van der Waals surface area contributed by atoms with Crippen molar-refractivity contribution in [3.05, 3.63) is 64.7 Å². The summed E-state index contributed by atoms with van der Waals surface area (Å²) in [4.78, 5) is 14.2. The van der Waals surface area contributed by atoms with Gasteiger partial charge in [-0.25, -0.2) is 8.78 Å². The van der Waals surface area contributed by atoms with Gasteiger partial charge < -0.3 is 15.0 Å². The number of carbonyl (C=O) groups is 1. The first-order valence-corrected chi connectivity index (χ1v) is 9.11. The largest absolute Gasteiger partial charge is 0.416 e. The Morgan fingerprint density at radius 3 is 2.42 bits per heavy atom. The summed E-state index contributed by atoms with van der Waals surface area (Å²) in [6, 6.07) is 7.36. The number of nitriles is 1. The molecule has 5 nitrogen and oxygen atoms in total. The van der Waals surface area contributed by atoms with Crippen LogP contribution in [0.2, 0.25) is 0 Å². The molecule has 0 spiro atoms. The maximum Gasteiger partial charge on any atom is 0.416 e. The van der Waals surface area contributed by atoms with Gasteiger partial charge in [-0.2, -0.15) is 18.4 Å². The predicted molar refractivity (Wildman–Crippen MR) is 103 cm³/mol. The van der Waals surface area contributed by atoms with Crippen LogP contribution in [0.1, 0.15) is 11.1 Å². The predicted octanol–water partition coefficient (Wildman–Crippen LogP) is 4.37. The molecule has 1 aliphatic rings. The highest BCUT2D eigenvalue weighted by Gasteiger charge is 2.32. The van der Waals surface area contributed by atoms with Crippen LogP contribution < -0.4 is 10.2 Å². The minimum absolute atomic E-state index is 0.0753. The summed E-state index contributed by atoms with van der Waals surface area (Å²) in [5, 5.41) is 11.7. The van der Waals surface area contributed by atoms with Crippen LogP contribution in [0.4, 0.5) is 33.3 Å². The summed E-state index contributed by atoms with van der Waals surface area (Å²) < 4.78 is 71.2. The highest BCUT2D eigenvalue weighted by atomic mass is 19.4. The van der Waals surface area contributed by atoms with E-state index in [1.165, 1.54) is 6.07 Å². The third-order valence-corrected chi connectivity index (χ3v) is 4.54. The molecule has 0 aromatic heterocycles. The van der Waals surface area contributed by atoms with Crippen molar-refractivity contribution in [3.8, 4) is 6.07 Å². The van der Waals surface area contributed by atoms with E-state index in [0.717, 1.165) is 36.4 Å². The van der Waals surface area contributed by atoms with E-state index in [1.807, 2.05) is 0 Å². The summed E-state index contributed by atoms with van der Waals surface area (Å²) in [7, 11) is 0. The lowest BCUT2D eigenvalue weighted by atomic mass is 10.1. The van der Waals surface area contributed by atoms with E-state index >= 15 is 0 Å². The summed E-state index contributed by atoms with van der Waals surface area (Å²) in [6.45, 7) is 1.26. The van der Waals surface area contributed by atoms with Crippen LogP contribution in [0.15, 0.2) is 42.0 Å². The molecule has 0 atom stereocenters. The van der Waals surface area contributed by atoms with Gasteiger partial charge in [-0.1, -0.05) is 6.07 Å². The van der Waals surface area contributed by atoms with Gasteiger partial charge >= 0.3 is 6.18 Å². The van der Waals surface area contributed by atoms with Crippen molar-refractivity contribution in [2.45, 2.75) is 6.18 Å². The van der Waals surface area contributed by atoms with E-state index < -0.39 is 34.9 Å². The SMILES string of the molecule is N#CC(=Cc1ccc(F)c(F)c1)C(=O)Nc1ccc(C(F)(F)F)cc1N1CCOCC1. The van der Waals surface area contributed by atoms with Crippen LogP contribution in [-0.2, 0) is 15.7 Å². The van der Waals surface area contributed by atoms with E-state index in [1.54, 1.807) is 11.0 Å². The lowest BCUT2D eigenvalue weighted by Crippen LogP contribution is -2.37.